The Morgan fingerprint density at radius 3 is 2.52 bits per heavy atom. The Labute approximate surface area is 136 Å². The summed E-state index contributed by atoms with van der Waals surface area (Å²) in [6.45, 7) is 3.98. The first-order valence-electron chi connectivity index (χ1n) is 7.87. The van der Waals surface area contributed by atoms with E-state index in [2.05, 4.69) is 0 Å². The quantitative estimate of drug-likeness (QED) is 0.855. The number of aryl methyl sites for hydroxylation is 1. The van der Waals surface area contributed by atoms with Crippen LogP contribution in [0.3, 0.4) is 0 Å². The highest BCUT2D eigenvalue weighted by Gasteiger charge is 2.21. The number of carbonyl (C=O) groups is 1. The predicted octanol–water partition coefficient (Wildman–Crippen LogP) is 4.39. The number of aromatic hydroxyl groups is 1. The molecule has 2 aromatic carbocycles. The number of fused-ring (bicyclic) bond motifs is 1. The summed E-state index contributed by atoms with van der Waals surface area (Å²) in [6, 6.07) is 12.7. The van der Waals surface area contributed by atoms with Gasteiger partial charge in [0.05, 0.1) is 6.10 Å². The van der Waals surface area contributed by atoms with Crippen molar-refractivity contribution >= 4 is 11.9 Å². The van der Waals surface area contributed by atoms with Crippen LogP contribution in [0.4, 0.5) is 0 Å². The Balaban J connectivity index is 1.83. The Morgan fingerprint density at radius 2 is 1.83 bits per heavy atom. The smallest absolute Gasteiger partial charge is 0.189 e. The van der Waals surface area contributed by atoms with Crippen molar-refractivity contribution in [2.45, 2.75) is 32.8 Å². The molecule has 2 aromatic rings. The summed E-state index contributed by atoms with van der Waals surface area (Å²) in [6.07, 6.45) is 3.55. The number of rotatable bonds is 3. The molecule has 3 heteroatoms. The van der Waals surface area contributed by atoms with Crippen molar-refractivity contribution in [2.24, 2.45) is 0 Å². The third-order valence-electron chi connectivity index (χ3n) is 3.88. The maximum atomic E-state index is 12.6. The second kappa shape index (κ2) is 6.29. The zero-order valence-corrected chi connectivity index (χ0v) is 13.4. The molecule has 0 fully saturated rings. The lowest BCUT2D eigenvalue weighted by Gasteiger charge is -2.17. The molecular weight excluding hydrogens is 288 g/mol. The van der Waals surface area contributed by atoms with Crippen LogP contribution in [0, 0.1) is 0 Å². The molecule has 0 aliphatic heterocycles. The second-order valence-corrected chi connectivity index (χ2v) is 6.08. The van der Waals surface area contributed by atoms with Crippen molar-refractivity contribution in [2.75, 3.05) is 0 Å². The van der Waals surface area contributed by atoms with Gasteiger partial charge in [0, 0.05) is 11.1 Å². The molecule has 1 aliphatic carbocycles. The minimum absolute atomic E-state index is 0.0498. The normalized spacial score (nSPS) is 15.8. The van der Waals surface area contributed by atoms with E-state index < -0.39 is 0 Å². The molecule has 0 radical (unpaired) electrons. The van der Waals surface area contributed by atoms with Crippen LogP contribution in [0.15, 0.2) is 48.0 Å². The molecule has 0 aromatic heterocycles. The van der Waals surface area contributed by atoms with Crippen LogP contribution in [-0.4, -0.2) is 17.0 Å². The summed E-state index contributed by atoms with van der Waals surface area (Å²) in [5.41, 5.74) is 3.42. The van der Waals surface area contributed by atoms with Gasteiger partial charge in [-0.25, -0.2) is 0 Å². The van der Waals surface area contributed by atoms with Crippen LogP contribution in [0.2, 0.25) is 0 Å². The first-order chi connectivity index (χ1) is 11.0. The van der Waals surface area contributed by atoms with Gasteiger partial charge in [-0.15, -0.1) is 0 Å². The minimum Gasteiger partial charge on any atom is -0.508 e. The van der Waals surface area contributed by atoms with Crippen LogP contribution in [0.25, 0.3) is 6.08 Å². The number of benzene rings is 2. The maximum absolute atomic E-state index is 12.6. The first kappa shape index (κ1) is 15.3. The van der Waals surface area contributed by atoms with E-state index in [0.29, 0.717) is 12.0 Å². The topological polar surface area (TPSA) is 46.5 Å². The molecule has 0 heterocycles. The van der Waals surface area contributed by atoms with Gasteiger partial charge in [0.15, 0.2) is 5.78 Å². The zero-order chi connectivity index (χ0) is 16.4. The molecule has 3 nitrogen and oxygen atoms in total. The van der Waals surface area contributed by atoms with Gasteiger partial charge >= 0.3 is 0 Å². The van der Waals surface area contributed by atoms with E-state index in [1.807, 2.05) is 44.2 Å². The van der Waals surface area contributed by atoms with E-state index in [9.17, 15) is 9.90 Å². The summed E-state index contributed by atoms with van der Waals surface area (Å²) >= 11 is 0. The summed E-state index contributed by atoms with van der Waals surface area (Å²) in [7, 11) is 0. The van der Waals surface area contributed by atoms with Crippen LogP contribution in [0.1, 0.15) is 41.8 Å². The highest BCUT2D eigenvalue weighted by atomic mass is 16.5. The number of hydrogen-bond acceptors (Lipinski definition) is 3. The number of ketones is 1. The lowest BCUT2D eigenvalue weighted by atomic mass is 9.86. The molecule has 0 unspecified atom stereocenters. The fourth-order valence-corrected chi connectivity index (χ4v) is 2.82. The highest BCUT2D eigenvalue weighted by Crippen LogP contribution is 2.29. The zero-order valence-electron chi connectivity index (χ0n) is 13.4. The van der Waals surface area contributed by atoms with E-state index in [4.69, 9.17) is 4.74 Å². The van der Waals surface area contributed by atoms with Gasteiger partial charge in [0.25, 0.3) is 0 Å². The monoisotopic (exact) mass is 308 g/mol. The van der Waals surface area contributed by atoms with E-state index in [1.165, 1.54) is 0 Å². The van der Waals surface area contributed by atoms with Gasteiger partial charge in [-0.3, -0.25) is 4.79 Å². The minimum atomic E-state index is 0.0498. The first-order valence-corrected chi connectivity index (χ1v) is 7.87. The van der Waals surface area contributed by atoms with Crippen LogP contribution in [0.5, 0.6) is 11.5 Å². The van der Waals surface area contributed by atoms with Crippen molar-refractivity contribution < 1.29 is 14.6 Å². The summed E-state index contributed by atoms with van der Waals surface area (Å²) in [5, 5.41) is 9.53. The largest absolute Gasteiger partial charge is 0.508 e. The van der Waals surface area contributed by atoms with Crippen molar-refractivity contribution in [1.29, 1.82) is 0 Å². The molecule has 1 N–H and O–H groups in total. The van der Waals surface area contributed by atoms with Crippen molar-refractivity contribution in [3.8, 4) is 11.5 Å². The molecular formula is C20H20O3. The average Bonchev–Trinajstić information content (AvgIpc) is 2.51. The number of Topliss-reactive ketones (excluding diaryl/α,β-unsaturated/α-hetero) is 1. The second-order valence-electron chi connectivity index (χ2n) is 6.08. The van der Waals surface area contributed by atoms with Crippen molar-refractivity contribution in [3.05, 3.63) is 64.7 Å². The molecule has 118 valence electrons. The average molecular weight is 308 g/mol. The lowest BCUT2D eigenvalue weighted by Crippen LogP contribution is -2.13. The van der Waals surface area contributed by atoms with Crippen LogP contribution in [-0.2, 0) is 6.42 Å². The molecule has 0 spiro atoms. The van der Waals surface area contributed by atoms with Crippen LogP contribution >= 0.6 is 0 Å². The van der Waals surface area contributed by atoms with E-state index >= 15 is 0 Å². The number of phenols is 1. The van der Waals surface area contributed by atoms with Gasteiger partial charge < -0.3 is 9.84 Å². The molecule has 0 bridgehead atoms. The number of hydrogen-bond donors (Lipinski definition) is 1. The van der Waals surface area contributed by atoms with Gasteiger partial charge in [-0.05, 0) is 74.2 Å². The number of allylic oxidation sites excluding steroid dienone is 1. The van der Waals surface area contributed by atoms with E-state index in [0.717, 1.165) is 28.9 Å². The fraction of sp³-hybridized carbons (Fsp3) is 0.250. The third-order valence-corrected chi connectivity index (χ3v) is 3.88. The van der Waals surface area contributed by atoms with Gasteiger partial charge in [-0.2, -0.15) is 0 Å². The van der Waals surface area contributed by atoms with Crippen molar-refractivity contribution in [1.82, 2.24) is 0 Å². The molecule has 0 saturated heterocycles. The van der Waals surface area contributed by atoms with E-state index in [1.54, 1.807) is 18.2 Å². The van der Waals surface area contributed by atoms with Gasteiger partial charge in [-0.1, -0.05) is 12.1 Å². The summed E-state index contributed by atoms with van der Waals surface area (Å²) in [5.74, 6) is 1.09. The maximum Gasteiger partial charge on any atom is 0.189 e. The Bertz CT molecular complexity index is 755. The molecule has 1 aliphatic rings. The molecule has 23 heavy (non-hydrogen) atoms. The highest BCUT2D eigenvalue weighted by molar-refractivity contribution is 6.13. The third kappa shape index (κ3) is 3.45. The molecule has 3 rings (SSSR count). The molecule has 0 saturated carbocycles. The fourth-order valence-electron chi connectivity index (χ4n) is 2.82. The standard InChI is InChI=1S/C20H20O3/c1-13(2)23-18-8-3-14(4-9-18)11-16-6-5-15-12-17(21)7-10-19(15)20(16)22/h3-4,7-13,21H,5-6H2,1-2H3. The Morgan fingerprint density at radius 1 is 1.09 bits per heavy atom. The van der Waals surface area contributed by atoms with Gasteiger partial charge in [0.1, 0.15) is 11.5 Å². The summed E-state index contributed by atoms with van der Waals surface area (Å²) < 4.78 is 5.63. The molecule has 0 amide bonds. The Hall–Kier alpha value is -2.55. The number of phenolic OH excluding ortho intramolecular Hbond substituents is 1. The SMILES string of the molecule is CC(C)Oc1ccc(C=C2CCc3cc(O)ccc3C2=O)cc1. The predicted molar refractivity (Wildman–Crippen MR) is 90.9 cm³/mol. The van der Waals surface area contributed by atoms with Crippen LogP contribution < -0.4 is 4.74 Å². The Kier molecular flexibility index (Phi) is 4.20. The van der Waals surface area contributed by atoms with Crippen molar-refractivity contribution in [3.63, 3.8) is 0 Å². The molecule has 0 atom stereocenters. The number of ether oxygens (including phenoxy) is 1. The van der Waals surface area contributed by atoms with Gasteiger partial charge in [0.2, 0.25) is 0 Å². The number of carbonyl (C=O) groups excluding carboxylic acids is 1. The summed E-state index contributed by atoms with van der Waals surface area (Å²) in [4.78, 5) is 12.6. The lowest BCUT2D eigenvalue weighted by molar-refractivity contribution is 0.102. The van der Waals surface area contributed by atoms with E-state index in [-0.39, 0.29) is 17.6 Å².